The minimum atomic E-state index is 0.721. The predicted octanol–water partition coefficient (Wildman–Crippen LogP) is -1.41. The number of hydrogen-bond donors (Lipinski definition) is 3. The van der Waals surface area contributed by atoms with E-state index in [-0.39, 0.29) is 0 Å². The maximum absolute atomic E-state index is 5.22. The van der Waals surface area contributed by atoms with Crippen LogP contribution in [0.15, 0.2) is 0 Å². The van der Waals surface area contributed by atoms with Gasteiger partial charge in [0.25, 0.3) is 0 Å². The second-order valence-electron chi connectivity index (χ2n) is 1.40. The van der Waals surface area contributed by atoms with Gasteiger partial charge in [-0.05, 0) is 0 Å². The summed E-state index contributed by atoms with van der Waals surface area (Å²) in [4.78, 5) is 0. The Kier molecular flexibility index (Phi) is 8.21. The molecule has 0 aromatic carbocycles. The quantitative estimate of drug-likeness (QED) is 0.432. The van der Waals surface area contributed by atoms with E-state index < -0.39 is 0 Å². The number of rotatable bonds is 5. The molecule has 0 bridgehead atoms. The van der Waals surface area contributed by atoms with Gasteiger partial charge in [0, 0.05) is 0 Å². The Labute approximate surface area is 62.6 Å². The fourth-order valence-electron chi connectivity index (χ4n) is 0.353. The van der Waals surface area contributed by atoms with E-state index in [0.29, 0.717) is 0 Å². The normalized spacial score (nSPS) is 9.88. The molecule has 8 heavy (non-hydrogen) atoms. The molecule has 0 aliphatic heterocycles. The summed E-state index contributed by atoms with van der Waals surface area (Å²) in [6.07, 6.45) is 0. The summed E-state index contributed by atoms with van der Waals surface area (Å²) in [6, 6.07) is 0. The Bertz CT molecular complexity index is 36.3. The molecule has 3 nitrogen and oxygen atoms in total. The Morgan fingerprint density at radius 1 is 1.25 bits per heavy atom. The van der Waals surface area contributed by atoms with Gasteiger partial charge in [-0.1, -0.05) is 0 Å². The van der Waals surface area contributed by atoms with Crippen LogP contribution in [0.25, 0.3) is 0 Å². The first-order chi connectivity index (χ1) is 3.91. The van der Waals surface area contributed by atoms with Crippen LogP contribution in [0.3, 0.4) is 0 Å². The fourth-order valence-corrected chi connectivity index (χ4v) is 0.624. The van der Waals surface area contributed by atoms with Crippen molar-refractivity contribution in [2.24, 2.45) is 5.73 Å². The molecule has 0 amide bonds. The first-order valence-electron chi connectivity index (χ1n) is 2.62. The van der Waals surface area contributed by atoms with E-state index in [1.807, 2.05) is 0 Å². The summed E-state index contributed by atoms with van der Waals surface area (Å²) >= 11 is 2.27. The Hall–Kier alpha value is 0.620. The molecule has 0 heterocycles. The van der Waals surface area contributed by atoms with E-state index in [1.54, 1.807) is 0 Å². The molecule has 0 aliphatic carbocycles. The molecule has 0 atom stereocenters. The molecule has 4 heteroatoms. The minimum absolute atomic E-state index is 0.721. The SMILES string of the molecule is NCCNCC[NH][Au]. The second kappa shape index (κ2) is 7.62. The molecule has 0 fully saturated rings. The molecule has 0 saturated heterocycles. The third kappa shape index (κ3) is 6.62. The van der Waals surface area contributed by atoms with Crippen LogP contribution in [-0.4, -0.2) is 26.2 Å². The first kappa shape index (κ1) is 8.62. The van der Waals surface area contributed by atoms with Crippen molar-refractivity contribution in [1.29, 1.82) is 0 Å². The van der Waals surface area contributed by atoms with Crippen LogP contribution in [0.5, 0.6) is 0 Å². The van der Waals surface area contributed by atoms with E-state index in [1.165, 1.54) is 0 Å². The molecule has 0 radical (unpaired) electrons. The number of nitrogens with two attached hydrogens (primary N) is 1. The van der Waals surface area contributed by atoms with Crippen molar-refractivity contribution in [3.63, 3.8) is 0 Å². The van der Waals surface area contributed by atoms with Gasteiger partial charge in [0.15, 0.2) is 0 Å². The van der Waals surface area contributed by atoms with Gasteiger partial charge in [-0.2, -0.15) is 0 Å². The van der Waals surface area contributed by atoms with Crippen molar-refractivity contribution >= 4 is 0 Å². The Balaban J connectivity index is 2.53. The topological polar surface area (TPSA) is 50.1 Å². The van der Waals surface area contributed by atoms with Crippen molar-refractivity contribution in [1.82, 2.24) is 9.04 Å². The molecular formula is C4H12AuN3. The molecule has 54 valence electrons. The average Bonchev–Trinajstić information content (AvgIpc) is 1.81. The van der Waals surface area contributed by atoms with Crippen LogP contribution >= 0.6 is 0 Å². The van der Waals surface area contributed by atoms with Gasteiger partial charge in [-0.25, -0.2) is 0 Å². The Morgan fingerprint density at radius 2 is 2.00 bits per heavy atom. The van der Waals surface area contributed by atoms with Gasteiger partial charge in [-0.3, -0.25) is 0 Å². The average molecular weight is 299 g/mol. The van der Waals surface area contributed by atoms with Gasteiger partial charge >= 0.3 is 62.3 Å². The number of nitrogens with one attached hydrogen (secondary N) is 2. The van der Waals surface area contributed by atoms with Gasteiger partial charge in [-0.15, -0.1) is 0 Å². The monoisotopic (exact) mass is 299 g/mol. The molecule has 0 aromatic rings. The fraction of sp³-hybridized carbons (Fsp3) is 1.00. The van der Waals surface area contributed by atoms with Crippen LogP contribution < -0.4 is 14.8 Å². The third-order valence-corrected chi connectivity index (χ3v) is 1.24. The van der Waals surface area contributed by atoms with Crippen LogP contribution in [0.2, 0.25) is 0 Å². The van der Waals surface area contributed by atoms with Crippen molar-refractivity contribution in [2.75, 3.05) is 26.2 Å². The van der Waals surface area contributed by atoms with Crippen LogP contribution in [0.4, 0.5) is 0 Å². The van der Waals surface area contributed by atoms with E-state index in [4.69, 9.17) is 5.73 Å². The molecule has 0 saturated carbocycles. The zero-order chi connectivity index (χ0) is 6.24. The molecule has 0 spiro atoms. The molecule has 0 rings (SSSR count). The zero-order valence-electron chi connectivity index (χ0n) is 4.71. The van der Waals surface area contributed by atoms with E-state index in [0.717, 1.165) is 26.2 Å². The van der Waals surface area contributed by atoms with Gasteiger partial charge in [0.05, 0.1) is 0 Å². The molecule has 0 unspecified atom stereocenters. The Morgan fingerprint density at radius 3 is 2.50 bits per heavy atom. The predicted molar refractivity (Wildman–Crippen MR) is 29.9 cm³/mol. The standard InChI is InChI=1S/C4H12N3.Au/c5-1-3-7-4-2-6;/h5,7H,1-4,6H2;/q-1;+1. The summed E-state index contributed by atoms with van der Waals surface area (Å²) < 4.78 is 2.97. The molecule has 0 aliphatic rings. The van der Waals surface area contributed by atoms with Gasteiger partial charge in [0.2, 0.25) is 0 Å². The van der Waals surface area contributed by atoms with Crippen molar-refractivity contribution < 1.29 is 21.3 Å². The molecule has 0 aromatic heterocycles. The third-order valence-electron chi connectivity index (χ3n) is 0.698. The van der Waals surface area contributed by atoms with Crippen molar-refractivity contribution in [2.45, 2.75) is 0 Å². The molecular weight excluding hydrogens is 287 g/mol. The van der Waals surface area contributed by atoms with Crippen LogP contribution in [0.1, 0.15) is 0 Å². The summed E-state index contributed by atoms with van der Waals surface area (Å²) in [6.45, 7) is 3.62. The summed E-state index contributed by atoms with van der Waals surface area (Å²) in [5.74, 6) is 0. The summed E-state index contributed by atoms with van der Waals surface area (Å²) in [7, 11) is 0. The van der Waals surface area contributed by atoms with E-state index >= 15 is 0 Å². The van der Waals surface area contributed by atoms with Gasteiger partial charge in [0.1, 0.15) is 0 Å². The maximum atomic E-state index is 5.22. The van der Waals surface area contributed by atoms with Crippen LogP contribution in [0, 0.1) is 0 Å². The zero-order valence-corrected chi connectivity index (χ0v) is 6.87. The van der Waals surface area contributed by atoms with Crippen molar-refractivity contribution in [3.05, 3.63) is 0 Å². The molecule has 4 N–H and O–H groups in total. The van der Waals surface area contributed by atoms with Crippen molar-refractivity contribution in [3.8, 4) is 0 Å². The summed E-state index contributed by atoms with van der Waals surface area (Å²) in [5.41, 5.74) is 5.22. The first-order valence-corrected chi connectivity index (χ1v) is 3.70. The van der Waals surface area contributed by atoms with E-state index in [2.05, 4.69) is 30.4 Å². The second-order valence-corrected chi connectivity index (χ2v) is 2.16. The van der Waals surface area contributed by atoms with E-state index in [9.17, 15) is 0 Å². The van der Waals surface area contributed by atoms with Gasteiger partial charge < -0.3 is 0 Å². The summed E-state index contributed by atoms with van der Waals surface area (Å²) in [5, 5.41) is 3.14. The van der Waals surface area contributed by atoms with Crippen LogP contribution in [-0.2, 0) is 21.3 Å². The number of hydrogen-bond acceptors (Lipinski definition) is 3.